The molecule has 0 aliphatic heterocycles. The quantitative estimate of drug-likeness (QED) is 0.644. The zero-order valence-corrected chi connectivity index (χ0v) is 7.81. The van der Waals surface area contributed by atoms with E-state index in [0.29, 0.717) is 19.5 Å². The van der Waals surface area contributed by atoms with Gasteiger partial charge in [0.2, 0.25) is 0 Å². The smallest absolute Gasteiger partial charge is 0.303 e. The average Bonchev–Trinajstić information content (AvgIpc) is 2.18. The Morgan fingerprint density at radius 2 is 2.14 bits per heavy atom. The molecule has 2 N–H and O–H groups in total. The van der Waals surface area contributed by atoms with Crippen LogP contribution in [0.25, 0.3) is 0 Å². The first kappa shape index (κ1) is 10.6. The highest BCUT2D eigenvalue weighted by Crippen LogP contribution is 1.89. The van der Waals surface area contributed by atoms with Crippen molar-refractivity contribution in [1.82, 2.24) is 15.3 Å². The lowest BCUT2D eigenvalue weighted by molar-refractivity contribution is -0.137. The Bertz CT molecular complexity index is 277. The molecule has 0 fully saturated rings. The van der Waals surface area contributed by atoms with Gasteiger partial charge in [0.15, 0.2) is 0 Å². The van der Waals surface area contributed by atoms with Gasteiger partial charge in [0.1, 0.15) is 5.82 Å². The molecule has 0 aliphatic carbocycles. The van der Waals surface area contributed by atoms with E-state index in [-0.39, 0.29) is 6.42 Å². The van der Waals surface area contributed by atoms with Crippen molar-refractivity contribution < 1.29 is 9.90 Å². The Balaban J connectivity index is 2.08. The maximum atomic E-state index is 10.2. The summed E-state index contributed by atoms with van der Waals surface area (Å²) in [6, 6.07) is 1.76. The Morgan fingerprint density at radius 3 is 2.79 bits per heavy atom. The molecule has 0 radical (unpaired) electrons. The van der Waals surface area contributed by atoms with Gasteiger partial charge in [-0.15, -0.1) is 0 Å². The largest absolute Gasteiger partial charge is 0.481 e. The van der Waals surface area contributed by atoms with Crippen LogP contribution in [0.15, 0.2) is 18.5 Å². The topological polar surface area (TPSA) is 75.1 Å². The lowest BCUT2D eigenvalue weighted by atomic mass is 10.3. The second-order valence-corrected chi connectivity index (χ2v) is 2.84. The normalized spacial score (nSPS) is 10.0. The van der Waals surface area contributed by atoms with Crippen molar-refractivity contribution in [3.63, 3.8) is 0 Å². The van der Waals surface area contributed by atoms with Gasteiger partial charge in [0.25, 0.3) is 0 Å². The fourth-order valence-electron chi connectivity index (χ4n) is 0.986. The Labute approximate surface area is 82.2 Å². The maximum Gasteiger partial charge on any atom is 0.303 e. The third-order valence-electron chi connectivity index (χ3n) is 1.65. The number of aliphatic carboxylic acids is 1. The molecule has 0 atom stereocenters. The summed E-state index contributed by atoms with van der Waals surface area (Å²) in [6.07, 6.45) is 4.19. The fraction of sp³-hybridized carbons (Fsp3) is 0.444. The highest BCUT2D eigenvalue weighted by molar-refractivity contribution is 5.66. The number of nitrogens with one attached hydrogen (secondary N) is 1. The molecule has 0 aliphatic rings. The van der Waals surface area contributed by atoms with Gasteiger partial charge in [0.05, 0.1) is 6.54 Å². The first-order chi connectivity index (χ1) is 6.79. The summed E-state index contributed by atoms with van der Waals surface area (Å²) < 4.78 is 0. The molecule has 5 nitrogen and oxygen atoms in total. The summed E-state index contributed by atoms with van der Waals surface area (Å²) in [7, 11) is 0. The highest BCUT2D eigenvalue weighted by Gasteiger charge is 1.96. The molecule has 0 saturated heterocycles. The molecule has 5 heteroatoms. The molecule has 0 amide bonds. The van der Waals surface area contributed by atoms with E-state index in [0.717, 1.165) is 5.82 Å². The van der Waals surface area contributed by atoms with Gasteiger partial charge in [-0.3, -0.25) is 4.79 Å². The molecule has 0 bridgehead atoms. The van der Waals surface area contributed by atoms with Crippen LogP contribution in [0.2, 0.25) is 0 Å². The number of hydrogen-bond acceptors (Lipinski definition) is 4. The van der Waals surface area contributed by atoms with Gasteiger partial charge >= 0.3 is 5.97 Å². The maximum absolute atomic E-state index is 10.2. The SMILES string of the molecule is O=C(O)CCCNCc1ncccn1. The van der Waals surface area contributed by atoms with Gasteiger partial charge in [-0.05, 0) is 19.0 Å². The second kappa shape index (κ2) is 6.04. The molecule has 1 rings (SSSR count). The van der Waals surface area contributed by atoms with Crippen molar-refractivity contribution in [3.8, 4) is 0 Å². The van der Waals surface area contributed by atoms with Crippen LogP contribution < -0.4 is 5.32 Å². The number of carbonyl (C=O) groups is 1. The third-order valence-corrected chi connectivity index (χ3v) is 1.65. The minimum absolute atomic E-state index is 0.197. The third kappa shape index (κ3) is 4.51. The van der Waals surface area contributed by atoms with Crippen LogP contribution in [0.4, 0.5) is 0 Å². The number of rotatable bonds is 6. The van der Waals surface area contributed by atoms with Crippen LogP contribution in [0.3, 0.4) is 0 Å². The summed E-state index contributed by atoms with van der Waals surface area (Å²) in [6.45, 7) is 1.25. The molecular formula is C9H13N3O2. The first-order valence-electron chi connectivity index (χ1n) is 4.47. The van der Waals surface area contributed by atoms with Gasteiger partial charge in [-0.2, -0.15) is 0 Å². The van der Waals surface area contributed by atoms with Crippen molar-refractivity contribution in [2.45, 2.75) is 19.4 Å². The van der Waals surface area contributed by atoms with E-state index in [1.165, 1.54) is 0 Å². The molecule has 0 aromatic carbocycles. The van der Waals surface area contributed by atoms with E-state index < -0.39 is 5.97 Å². The van der Waals surface area contributed by atoms with Crippen molar-refractivity contribution in [2.24, 2.45) is 0 Å². The standard InChI is InChI=1S/C9H13N3O2/c13-9(14)3-1-4-10-7-8-11-5-2-6-12-8/h2,5-6,10H,1,3-4,7H2,(H,13,14). The van der Waals surface area contributed by atoms with Crippen molar-refractivity contribution >= 4 is 5.97 Å². The van der Waals surface area contributed by atoms with Crippen LogP contribution in [-0.4, -0.2) is 27.6 Å². The molecule has 0 unspecified atom stereocenters. The predicted octanol–water partition coefficient (Wildman–Crippen LogP) is 0.431. The van der Waals surface area contributed by atoms with Crippen molar-refractivity contribution in [1.29, 1.82) is 0 Å². The van der Waals surface area contributed by atoms with Gasteiger partial charge in [-0.25, -0.2) is 9.97 Å². The Kier molecular flexibility index (Phi) is 4.57. The van der Waals surface area contributed by atoms with E-state index in [2.05, 4.69) is 15.3 Å². The molecule has 1 aromatic rings. The van der Waals surface area contributed by atoms with Crippen LogP contribution in [0.5, 0.6) is 0 Å². The van der Waals surface area contributed by atoms with E-state index in [4.69, 9.17) is 5.11 Å². The van der Waals surface area contributed by atoms with E-state index in [1.54, 1.807) is 18.5 Å². The number of aromatic nitrogens is 2. The molecule has 14 heavy (non-hydrogen) atoms. The van der Waals surface area contributed by atoms with Crippen LogP contribution >= 0.6 is 0 Å². The van der Waals surface area contributed by atoms with E-state index >= 15 is 0 Å². The Hall–Kier alpha value is -1.49. The molecule has 1 aromatic heterocycles. The van der Waals surface area contributed by atoms with Crippen LogP contribution in [0, 0.1) is 0 Å². The zero-order valence-electron chi connectivity index (χ0n) is 7.81. The minimum atomic E-state index is -0.761. The lowest BCUT2D eigenvalue weighted by Gasteiger charge is -2.01. The Morgan fingerprint density at radius 1 is 1.43 bits per heavy atom. The summed E-state index contributed by atoms with van der Waals surface area (Å²) >= 11 is 0. The van der Waals surface area contributed by atoms with Gasteiger partial charge < -0.3 is 10.4 Å². The zero-order chi connectivity index (χ0) is 10.2. The molecular weight excluding hydrogens is 182 g/mol. The molecule has 0 saturated carbocycles. The lowest BCUT2D eigenvalue weighted by Crippen LogP contribution is -2.17. The summed E-state index contributed by atoms with van der Waals surface area (Å²) in [5.74, 6) is -0.0365. The van der Waals surface area contributed by atoms with Crippen molar-refractivity contribution in [2.75, 3.05) is 6.54 Å². The molecule has 0 spiro atoms. The summed E-state index contributed by atoms with van der Waals surface area (Å²) in [4.78, 5) is 18.2. The fourth-order valence-corrected chi connectivity index (χ4v) is 0.986. The number of carboxylic acids is 1. The number of carboxylic acid groups (broad SMARTS) is 1. The number of hydrogen-bond donors (Lipinski definition) is 2. The summed E-state index contributed by atoms with van der Waals surface area (Å²) in [5, 5.41) is 11.4. The predicted molar refractivity (Wildman–Crippen MR) is 50.6 cm³/mol. The number of nitrogens with zero attached hydrogens (tertiary/aromatic N) is 2. The van der Waals surface area contributed by atoms with E-state index in [9.17, 15) is 4.79 Å². The minimum Gasteiger partial charge on any atom is -0.481 e. The molecule has 1 heterocycles. The first-order valence-corrected chi connectivity index (χ1v) is 4.47. The monoisotopic (exact) mass is 195 g/mol. The van der Waals surface area contributed by atoms with Crippen LogP contribution in [0.1, 0.15) is 18.7 Å². The second-order valence-electron chi connectivity index (χ2n) is 2.84. The van der Waals surface area contributed by atoms with Gasteiger partial charge in [0, 0.05) is 18.8 Å². The van der Waals surface area contributed by atoms with E-state index in [1.807, 2.05) is 0 Å². The molecule has 76 valence electrons. The van der Waals surface area contributed by atoms with Gasteiger partial charge in [-0.1, -0.05) is 0 Å². The highest BCUT2D eigenvalue weighted by atomic mass is 16.4. The van der Waals surface area contributed by atoms with Crippen molar-refractivity contribution in [3.05, 3.63) is 24.3 Å². The average molecular weight is 195 g/mol. The van der Waals surface area contributed by atoms with Crippen LogP contribution in [-0.2, 0) is 11.3 Å². The summed E-state index contributed by atoms with van der Waals surface area (Å²) in [5.41, 5.74) is 0.